The quantitative estimate of drug-likeness (QED) is 0.495. The summed E-state index contributed by atoms with van der Waals surface area (Å²) in [6.45, 7) is 1.40. The van der Waals surface area contributed by atoms with Gasteiger partial charge in [-0.25, -0.2) is 0 Å². The predicted molar refractivity (Wildman–Crippen MR) is 112 cm³/mol. The third-order valence-electron chi connectivity index (χ3n) is 4.06. The smallest absolute Gasteiger partial charge is 0.416 e. The summed E-state index contributed by atoms with van der Waals surface area (Å²) in [6.07, 6.45) is -4.58. The Kier molecular flexibility index (Phi) is 8.61. The molecule has 31 heavy (non-hydrogen) atoms. The minimum absolute atomic E-state index is 0.0160. The van der Waals surface area contributed by atoms with Gasteiger partial charge in [-0.2, -0.15) is 13.2 Å². The minimum atomic E-state index is -4.51. The van der Waals surface area contributed by atoms with Crippen molar-refractivity contribution in [3.63, 3.8) is 0 Å². The van der Waals surface area contributed by atoms with Crippen molar-refractivity contribution in [2.24, 2.45) is 0 Å². The van der Waals surface area contributed by atoms with Gasteiger partial charge in [-0.3, -0.25) is 14.4 Å². The maximum Gasteiger partial charge on any atom is 0.416 e. The van der Waals surface area contributed by atoms with Crippen LogP contribution < -0.4 is 10.6 Å². The third-order valence-corrected chi connectivity index (χ3v) is 4.95. The molecule has 2 aromatic rings. The molecule has 0 fully saturated rings. The summed E-state index contributed by atoms with van der Waals surface area (Å²) in [4.78, 5) is 35.4. The Hall–Kier alpha value is -2.88. The molecule has 0 atom stereocenters. The number of carbonyl (C=O) groups is 3. The molecule has 0 saturated carbocycles. The molecule has 6 nitrogen and oxygen atoms in total. The Morgan fingerprint density at radius 3 is 2.32 bits per heavy atom. The molecule has 0 bridgehead atoms. The number of hydrogen-bond donors (Lipinski definition) is 2. The van der Waals surface area contributed by atoms with Crippen molar-refractivity contribution in [2.75, 3.05) is 17.2 Å². The number of halogens is 4. The number of hydrogen-bond acceptors (Lipinski definition) is 4. The summed E-state index contributed by atoms with van der Waals surface area (Å²) in [5, 5.41) is 4.96. The summed E-state index contributed by atoms with van der Waals surface area (Å²) in [6, 6.07) is 9.49. The number of nitrogens with one attached hydrogen (secondary N) is 2. The van der Waals surface area contributed by atoms with Gasteiger partial charge in [0.2, 0.25) is 5.91 Å². The number of esters is 1. The van der Waals surface area contributed by atoms with Crippen molar-refractivity contribution >= 4 is 45.1 Å². The zero-order chi connectivity index (χ0) is 23.0. The van der Waals surface area contributed by atoms with Crippen LogP contribution in [0.25, 0.3) is 0 Å². The Morgan fingerprint density at radius 1 is 0.968 bits per heavy atom. The van der Waals surface area contributed by atoms with Crippen molar-refractivity contribution < 1.29 is 32.3 Å². The van der Waals surface area contributed by atoms with E-state index < -0.39 is 36.1 Å². The number of ether oxygens (including phenoxy) is 1. The van der Waals surface area contributed by atoms with Crippen LogP contribution in [0, 0.1) is 6.92 Å². The highest BCUT2D eigenvalue weighted by atomic mass is 79.9. The molecule has 0 saturated heterocycles. The standard InChI is InChI=1S/C21H20BrF3N2O4/c1-13-10-16(8-9-17(13)22)27-19(29)12-31-20(30)7-3-6-18(28)26-15-5-2-4-14(11-15)21(23,24)25/h2,4-5,8-11H,3,6-7,12H2,1H3,(H,26,28)(H,27,29). The third kappa shape index (κ3) is 8.41. The van der Waals surface area contributed by atoms with Crippen LogP contribution in [-0.2, 0) is 25.3 Å². The van der Waals surface area contributed by atoms with Gasteiger partial charge >= 0.3 is 12.1 Å². The lowest BCUT2D eigenvalue weighted by Crippen LogP contribution is -2.21. The Labute approximate surface area is 185 Å². The highest BCUT2D eigenvalue weighted by Crippen LogP contribution is 2.30. The van der Waals surface area contributed by atoms with Crippen LogP contribution in [0.4, 0.5) is 24.5 Å². The van der Waals surface area contributed by atoms with Crippen LogP contribution in [0.15, 0.2) is 46.9 Å². The van der Waals surface area contributed by atoms with E-state index in [2.05, 4.69) is 26.6 Å². The summed E-state index contributed by atoms with van der Waals surface area (Å²) >= 11 is 3.35. The average Bonchev–Trinajstić information content (AvgIpc) is 2.69. The van der Waals surface area contributed by atoms with Crippen molar-refractivity contribution in [1.82, 2.24) is 0 Å². The molecule has 0 aliphatic heterocycles. The maximum absolute atomic E-state index is 12.7. The number of aryl methyl sites for hydroxylation is 1. The molecule has 0 aliphatic carbocycles. The molecule has 0 radical (unpaired) electrons. The van der Waals surface area contributed by atoms with E-state index in [-0.39, 0.29) is 24.9 Å². The van der Waals surface area contributed by atoms with Gasteiger partial charge in [-0.1, -0.05) is 22.0 Å². The molecule has 10 heteroatoms. The summed E-state index contributed by atoms with van der Waals surface area (Å²) in [5.74, 6) is -1.69. The van der Waals surface area contributed by atoms with Gasteiger partial charge in [0.25, 0.3) is 5.91 Å². The molecule has 0 aliphatic rings. The van der Waals surface area contributed by atoms with E-state index in [1.54, 1.807) is 18.2 Å². The van der Waals surface area contributed by atoms with Gasteiger partial charge in [0.15, 0.2) is 6.61 Å². The maximum atomic E-state index is 12.7. The number of anilines is 2. The summed E-state index contributed by atoms with van der Waals surface area (Å²) < 4.78 is 43.8. The first-order chi connectivity index (χ1) is 14.5. The fourth-order valence-electron chi connectivity index (χ4n) is 2.53. The number of amides is 2. The molecule has 0 aromatic heterocycles. The lowest BCUT2D eigenvalue weighted by atomic mass is 10.2. The number of carbonyl (C=O) groups excluding carboxylic acids is 3. The van der Waals surface area contributed by atoms with Gasteiger partial charge in [0.1, 0.15) is 0 Å². The predicted octanol–water partition coefficient (Wildman–Crippen LogP) is 5.07. The van der Waals surface area contributed by atoms with Gasteiger partial charge in [0.05, 0.1) is 5.56 Å². The van der Waals surface area contributed by atoms with Crippen LogP contribution in [-0.4, -0.2) is 24.4 Å². The first kappa shape index (κ1) is 24.4. The molecule has 166 valence electrons. The minimum Gasteiger partial charge on any atom is -0.456 e. The van der Waals surface area contributed by atoms with Gasteiger partial charge < -0.3 is 15.4 Å². The highest BCUT2D eigenvalue weighted by molar-refractivity contribution is 9.10. The Balaban J connectivity index is 1.69. The van der Waals surface area contributed by atoms with E-state index in [9.17, 15) is 27.6 Å². The van der Waals surface area contributed by atoms with E-state index in [0.29, 0.717) is 5.69 Å². The Bertz CT molecular complexity index is 964. The first-order valence-electron chi connectivity index (χ1n) is 9.23. The van der Waals surface area contributed by atoms with E-state index in [1.807, 2.05) is 6.92 Å². The van der Waals surface area contributed by atoms with Crippen LogP contribution in [0.3, 0.4) is 0 Å². The molecule has 0 spiro atoms. The zero-order valence-corrected chi connectivity index (χ0v) is 18.1. The zero-order valence-electron chi connectivity index (χ0n) is 16.5. The lowest BCUT2D eigenvalue weighted by Gasteiger charge is -2.10. The second kappa shape index (κ2) is 10.9. The molecule has 2 rings (SSSR count). The molecule has 0 heterocycles. The van der Waals surface area contributed by atoms with E-state index >= 15 is 0 Å². The van der Waals surface area contributed by atoms with E-state index in [4.69, 9.17) is 4.74 Å². The normalized spacial score (nSPS) is 11.0. The van der Waals surface area contributed by atoms with Crippen LogP contribution in [0.2, 0.25) is 0 Å². The number of rotatable bonds is 8. The summed E-state index contributed by atoms with van der Waals surface area (Å²) in [7, 11) is 0. The second-order valence-corrected chi connectivity index (χ2v) is 7.51. The topological polar surface area (TPSA) is 84.5 Å². The largest absolute Gasteiger partial charge is 0.456 e. The van der Waals surface area contributed by atoms with Crippen LogP contribution in [0.1, 0.15) is 30.4 Å². The van der Waals surface area contributed by atoms with Crippen molar-refractivity contribution in [1.29, 1.82) is 0 Å². The molecule has 2 aromatic carbocycles. The molecule has 2 amide bonds. The van der Waals surface area contributed by atoms with Crippen LogP contribution in [0.5, 0.6) is 0 Å². The number of benzene rings is 2. The van der Waals surface area contributed by atoms with E-state index in [1.165, 1.54) is 12.1 Å². The van der Waals surface area contributed by atoms with E-state index in [0.717, 1.165) is 22.2 Å². The molecular formula is C21H20BrF3N2O4. The summed E-state index contributed by atoms with van der Waals surface area (Å²) in [5.41, 5.74) is 0.638. The first-order valence-corrected chi connectivity index (χ1v) is 10.0. The van der Waals surface area contributed by atoms with Crippen molar-refractivity contribution in [3.05, 3.63) is 58.1 Å². The monoisotopic (exact) mass is 500 g/mol. The van der Waals surface area contributed by atoms with Crippen molar-refractivity contribution in [2.45, 2.75) is 32.4 Å². The van der Waals surface area contributed by atoms with Crippen LogP contribution >= 0.6 is 15.9 Å². The highest BCUT2D eigenvalue weighted by Gasteiger charge is 2.30. The Morgan fingerprint density at radius 2 is 1.65 bits per heavy atom. The fraction of sp³-hybridized carbons (Fsp3) is 0.286. The molecule has 0 unspecified atom stereocenters. The second-order valence-electron chi connectivity index (χ2n) is 6.65. The number of alkyl halides is 3. The fourth-order valence-corrected chi connectivity index (χ4v) is 2.77. The lowest BCUT2D eigenvalue weighted by molar-refractivity contribution is -0.147. The van der Waals surface area contributed by atoms with Crippen molar-refractivity contribution in [3.8, 4) is 0 Å². The van der Waals surface area contributed by atoms with Gasteiger partial charge in [-0.05, 0) is 55.3 Å². The average molecular weight is 501 g/mol. The molecule has 2 N–H and O–H groups in total. The van der Waals surface area contributed by atoms with Gasteiger partial charge in [-0.15, -0.1) is 0 Å². The van der Waals surface area contributed by atoms with Gasteiger partial charge in [0, 0.05) is 28.7 Å². The molecular weight excluding hydrogens is 481 g/mol. The SMILES string of the molecule is Cc1cc(NC(=O)COC(=O)CCCC(=O)Nc2cccc(C(F)(F)F)c2)ccc1Br.